The number of hydrogen-bond donors (Lipinski definition) is 2. The largest absolute Gasteiger partial charge is 0.377 e. The van der Waals surface area contributed by atoms with Gasteiger partial charge in [-0.3, -0.25) is 16.0 Å². The molecule has 0 aliphatic carbocycles. The number of hydrogen-bond acceptors (Lipinski definition) is 4. The van der Waals surface area contributed by atoms with Crippen LogP contribution in [0, 0.1) is 6.92 Å². The molecular formula is C12H23ClN4O. The summed E-state index contributed by atoms with van der Waals surface area (Å²) in [6, 6.07) is 0.0175. The Balaban J connectivity index is 2.87. The molecule has 0 aliphatic heterocycles. The highest BCUT2D eigenvalue weighted by molar-refractivity contribution is 6.31. The van der Waals surface area contributed by atoms with Gasteiger partial charge in [0, 0.05) is 19.6 Å². The van der Waals surface area contributed by atoms with Crippen LogP contribution < -0.4 is 11.3 Å². The first-order valence-electron chi connectivity index (χ1n) is 6.34. The molecule has 0 fully saturated rings. The smallest absolute Gasteiger partial charge is 0.0847 e. The highest BCUT2D eigenvalue weighted by Crippen LogP contribution is 2.22. The lowest BCUT2D eigenvalue weighted by atomic mass is 10.1. The maximum Gasteiger partial charge on any atom is 0.0847 e. The van der Waals surface area contributed by atoms with E-state index >= 15 is 0 Å². The molecule has 0 spiro atoms. The fraction of sp³-hybridized carbons (Fsp3) is 0.750. The summed E-state index contributed by atoms with van der Waals surface area (Å²) in [6.07, 6.45) is 0.724. The molecule has 1 heterocycles. The van der Waals surface area contributed by atoms with Crippen molar-refractivity contribution in [3.63, 3.8) is 0 Å². The molecule has 1 aromatic heterocycles. The SMILES string of the molecule is CCOC(C)C(Cc1c(Cl)c(C)nn1CC)NN. The van der Waals surface area contributed by atoms with E-state index in [1.807, 2.05) is 32.4 Å². The van der Waals surface area contributed by atoms with Crippen molar-refractivity contribution in [3.8, 4) is 0 Å². The number of nitrogens with two attached hydrogens (primary N) is 1. The molecule has 0 aliphatic rings. The predicted molar refractivity (Wildman–Crippen MR) is 73.6 cm³/mol. The van der Waals surface area contributed by atoms with Gasteiger partial charge >= 0.3 is 0 Å². The van der Waals surface area contributed by atoms with Crippen molar-refractivity contribution in [1.82, 2.24) is 15.2 Å². The molecule has 2 unspecified atom stereocenters. The van der Waals surface area contributed by atoms with E-state index in [0.29, 0.717) is 13.0 Å². The van der Waals surface area contributed by atoms with Crippen LogP contribution in [0.3, 0.4) is 0 Å². The summed E-state index contributed by atoms with van der Waals surface area (Å²) in [5.74, 6) is 5.60. The Morgan fingerprint density at radius 1 is 1.50 bits per heavy atom. The van der Waals surface area contributed by atoms with E-state index < -0.39 is 0 Å². The second-order valence-corrected chi connectivity index (χ2v) is 4.68. The maximum absolute atomic E-state index is 6.28. The number of hydrazine groups is 1. The fourth-order valence-electron chi connectivity index (χ4n) is 2.01. The minimum atomic E-state index is 0.0175. The van der Waals surface area contributed by atoms with Gasteiger partial charge in [-0.1, -0.05) is 11.6 Å². The van der Waals surface area contributed by atoms with Crippen LogP contribution in [0.4, 0.5) is 0 Å². The van der Waals surface area contributed by atoms with Gasteiger partial charge in [0.2, 0.25) is 0 Å². The highest BCUT2D eigenvalue weighted by atomic mass is 35.5. The topological polar surface area (TPSA) is 65.1 Å². The zero-order valence-corrected chi connectivity index (χ0v) is 12.3. The number of aryl methyl sites for hydroxylation is 2. The maximum atomic E-state index is 6.28. The molecule has 0 amide bonds. The van der Waals surface area contributed by atoms with Crippen LogP contribution in [0.1, 0.15) is 32.2 Å². The van der Waals surface area contributed by atoms with Crippen LogP contribution in [0.15, 0.2) is 0 Å². The molecule has 5 nitrogen and oxygen atoms in total. The third-order valence-corrected chi connectivity index (χ3v) is 3.57. The highest BCUT2D eigenvalue weighted by Gasteiger charge is 2.21. The van der Waals surface area contributed by atoms with Gasteiger partial charge in [0.1, 0.15) is 0 Å². The van der Waals surface area contributed by atoms with Crippen molar-refractivity contribution in [1.29, 1.82) is 0 Å². The first-order chi connectivity index (χ1) is 8.54. The van der Waals surface area contributed by atoms with Gasteiger partial charge in [0.15, 0.2) is 0 Å². The van der Waals surface area contributed by atoms with Gasteiger partial charge in [-0.05, 0) is 27.7 Å². The molecule has 0 saturated carbocycles. The summed E-state index contributed by atoms with van der Waals surface area (Å²) >= 11 is 6.28. The molecule has 1 aromatic rings. The van der Waals surface area contributed by atoms with Crippen LogP contribution in [0.5, 0.6) is 0 Å². The summed E-state index contributed by atoms with van der Waals surface area (Å²) in [5, 5.41) is 5.12. The third-order valence-electron chi connectivity index (χ3n) is 3.08. The lowest BCUT2D eigenvalue weighted by Gasteiger charge is -2.23. The van der Waals surface area contributed by atoms with Gasteiger partial charge < -0.3 is 4.74 Å². The molecule has 6 heteroatoms. The van der Waals surface area contributed by atoms with E-state index in [1.54, 1.807) is 0 Å². The van der Waals surface area contributed by atoms with Gasteiger partial charge in [-0.2, -0.15) is 5.10 Å². The Hall–Kier alpha value is -0.620. The van der Waals surface area contributed by atoms with Crippen LogP contribution in [0.2, 0.25) is 5.02 Å². The summed E-state index contributed by atoms with van der Waals surface area (Å²) in [6.45, 7) is 9.39. The minimum Gasteiger partial charge on any atom is -0.377 e. The normalized spacial score (nSPS) is 14.8. The Kier molecular flexibility index (Phi) is 6.08. The first kappa shape index (κ1) is 15.4. The predicted octanol–water partition coefficient (Wildman–Crippen LogP) is 1.66. The Bertz CT molecular complexity index is 380. The Morgan fingerprint density at radius 3 is 2.67 bits per heavy atom. The van der Waals surface area contributed by atoms with Crippen LogP contribution in [-0.2, 0) is 17.7 Å². The lowest BCUT2D eigenvalue weighted by molar-refractivity contribution is 0.0471. The van der Waals surface area contributed by atoms with Gasteiger partial charge in [-0.25, -0.2) is 0 Å². The molecule has 0 radical (unpaired) electrons. The van der Waals surface area contributed by atoms with Crippen molar-refractivity contribution in [3.05, 3.63) is 16.4 Å². The van der Waals surface area contributed by atoms with Crippen molar-refractivity contribution in [2.75, 3.05) is 6.61 Å². The van der Waals surface area contributed by atoms with E-state index in [4.69, 9.17) is 22.2 Å². The zero-order valence-electron chi connectivity index (χ0n) is 11.5. The summed E-state index contributed by atoms with van der Waals surface area (Å²) in [7, 11) is 0. The molecule has 104 valence electrons. The van der Waals surface area contributed by atoms with E-state index in [1.165, 1.54) is 0 Å². The number of ether oxygens (including phenoxy) is 1. The molecule has 2 atom stereocenters. The molecule has 0 bridgehead atoms. The van der Waals surface area contributed by atoms with Crippen molar-refractivity contribution >= 4 is 11.6 Å². The average Bonchev–Trinajstić information content (AvgIpc) is 2.62. The number of halogens is 1. The second-order valence-electron chi connectivity index (χ2n) is 4.30. The molecule has 18 heavy (non-hydrogen) atoms. The third kappa shape index (κ3) is 3.45. The van der Waals surface area contributed by atoms with Crippen molar-refractivity contribution in [2.45, 2.75) is 52.8 Å². The minimum absolute atomic E-state index is 0.0175. The van der Waals surface area contributed by atoms with E-state index in [0.717, 1.165) is 23.0 Å². The molecule has 3 N–H and O–H groups in total. The number of nitrogens with one attached hydrogen (secondary N) is 1. The number of rotatable bonds is 7. The summed E-state index contributed by atoms with van der Waals surface area (Å²) in [5.41, 5.74) is 4.66. The van der Waals surface area contributed by atoms with E-state index in [9.17, 15) is 0 Å². The lowest BCUT2D eigenvalue weighted by Crippen LogP contribution is -2.45. The Labute approximate surface area is 114 Å². The summed E-state index contributed by atoms with van der Waals surface area (Å²) in [4.78, 5) is 0. The molecule has 0 saturated heterocycles. The fourth-order valence-corrected chi connectivity index (χ4v) is 2.22. The van der Waals surface area contributed by atoms with Crippen molar-refractivity contribution < 1.29 is 4.74 Å². The molecular weight excluding hydrogens is 252 g/mol. The number of aromatic nitrogens is 2. The van der Waals surface area contributed by atoms with Gasteiger partial charge in [-0.15, -0.1) is 0 Å². The monoisotopic (exact) mass is 274 g/mol. The van der Waals surface area contributed by atoms with Gasteiger partial charge in [0.25, 0.3) is 0 Å². The second kappa shape index (κ2) is 7.09. The Morgan fingerprint density at radius 2 is 2.17 bits per heavy atom. The van der Waals surface area contributed by atoms with Crippen LogP contribution in [-0.4, -0.2) is 28.5 Å². The van der Waals surface area contributed by atoms with E-state index in [-0.39, 0.29) is 12.1 Å². The molecule has 1 rings (SSSR count). The van der Waals surface area contributed by atoms with E-state index in [2.05, 4.69) is 10.5 Å². The number of nitrogens with zero attached hydrogens (tertiary/aromatic N) is 2. The zero-order chi connectivity index (χ0) is 13.7. The first-order valence-corrected chi connectivity index (χ1v) is 6.72. The average molecular weight is 275 g/mol. The van der Waals surface area contributed by atoms with Crippen LogP contribution in [0.25, 0.3) is 0 Å². The quantitative estimate of drug-likeness (QED) is 0.586. The van der Waals surface area contributed by atoms with Crippen LogP contribution >= 0.6 is 11.6 Å². The standard InChI is InChI=1S/C12H23ClN4O/c1-5-17-11(12(13)8(3)16-17)7-10(15-14)9(4)18-6-2/h9-10,15H,5-7,14H2,1-4H3. The summed E-state index contributed by atoms with van der Waals surface area (Å²) < 4.78 is 7.49. The molecule has 0 aromatic carbocycles. The van der Waals surface area contributed by atoms with Gasteiger partial charge in [0.05, 0.1) is 28.6 Å². The van der Waals surface area contributed by atoms with Crippen molar-refractivity contribution in [2.24, 2.45) is 5.84 Å².